The van der Waals surface area contributed by atoms with E-state index < -0.39 is 132 Å². The second-order valence-electron chi connectivity index (χ2n) is 22.8. The van der Waals surface area contributed by atoms with Crippen molar-refractivity contribution in [2.45, 2.75) is 167 Å². The third-order valence-corrected chi connectivity index (χ3v) is 14.3. The standard InChI is InChI=1S/C57H86N10O12/c1-35(2)29-42-48(71)58-33-46(70)59-40(52(75)67-27-21-16-22-28-67)32-45(69)62-57(8,9)55(78)61-47(37(4)68)54(77)63(10)36(3)50(73)66(13)44(31-39-25-19-15-20-26-39)53(76)65(12)43(30-38-23-17-14-18-24-38)49(72)60-41(51(74)64(42)11)34-79-56(5,6)7/h14-15,17-20,23-26,35-37,40-44,47,68H,16,21-22,27-34H2,1-13H3,(H,58,71)(H,59,70)(H,60,72)(H,61,78)(H,62,69)/t36-,37+,40-,41-,42?,43-,44-,47-/m0/s1. The maximum Gasteiger partial charge on any atom is 0.248 e. The minimum absolute atomic E-state index is 0.0388. The average molecular weight is 1100 g/mol. The Morgan fingerprint density at radius 3 is 1.73 bits per heavy atom. The van der Waals surface area contributed by atoms with E-state index in [1.54, 1.807) is 81.4 Å². The zero-order chi connectivity index (χ0) is 59.1. The number of aliphatic hydroxyl groups excluding tert-OH is 1. The molecule has 22 heteroatoms. The van der Waals surface area contributed by atoms with Gasteiger partial charge < -0.3 is 60.9 Å². The molecule has 0 aromatic heterocycles. The van der Waals surface area contributed by atoms with Crippen molar-refractivity contribution in [3.63, 3.8) is 0 Å². The molecule has 0 aliphatic carbocycles. The summed E-state index contributed by atoms with van der Waals surface area (Å²) < 4.78 is 6.12. The second kappa shape index (κ2) is 28.8. The highest BCUT2D eigenvalue weighted by molar-refractivity contribution is 6.00. The number of hydrogen-bond donors (Lipinski definition) is 6. The summed E-state index contributed by atoms with van der Waals surface area (Å²) in [5.74, 6) is -7.82. The zero-order valence-electron chi connectivity index (χ0n) is 48.4. The van der Waals surface area contributed by atoms with Crippen molar-refractivity contribution < 1.29 is 57.8 Å². The number of likely N-dealkylation sites (N-methyl/N-ethyl adjacent to an activating group) is 4. The van der Waals surface area contributed by atoms with E-state index in [9.17, 15) is 43.5 Å². The average Bonchev–Trinajstić information content (AvgIpc) is 3.43. The first-order valence-electron chi connectivity index (χ1n) is 27.2. The maximum absolute atomic E-state index is 15.2. The molecule has 0 saturated carbocycles. The van der Waals surface area contributed by atoms with Crippen LogP contribution in [0.4, 0.5) is 0 Å². The van der Waals surface area contributed by atoms with Crippen LogP contribution in [0.1, 0.15) is 106 Å². The van der Waals surface area contributed by atoms with Crippen molar-refractivity contribution in [1.82, 2.24) is 51.1 Å². The van der Waals surface area contributed by atoms with Gasteiger partial charge in [0.15, 0.2) is 0 Å². The number of benzene rings is 2. The molecule has 2 aliphatic heterocycles. The first-order chi connectivity index (χ1) is 36.9. The van der Waals surface area contributed by atoms with Gasteiger partial charge in [-0.1, -0.05) is 74.5 Å². The van der Waals surface area contributed by atoms with E-state index in [1.807, 2.05) is 13.8 Å². The lowest BCUT2D eigenvalue weighted by molar-refractivity contribution is -0.153. The molecule has 2 aromatic rings. The predicted octanol–water partition coefficient (Wildman–Crippen LogP) is 0.923. The monoisotopic (exact) mass is 1100 g/mol. The summed E-state index contributed by atoms with van der Waals surface area (Å²) in [4.78, 5) is 150. The van der Waals surface area contributed by atoms with Gasteiger partial charge in [-0.15, -0.1) is 0 Å². The van der Waals surface area contributed by atoms with Crippen molar-refractivity contribution >= 4 is 59.1 Å². The molecule has 4 rings (SSSR count). The molecule has 0 radical (unpaired) electrons. The first kappa shape index (κ1) is 64.6. The van der Waals surface area contributed by atoms with Gasteiger partial charge in [0.05, 0.1) is 31.3 Å². The zero-order valence-corrected chi connectivity index (χ0v) is 48.4. The molecule has 2 fully saturated rings. The normalized spacial score (nSPS) is 25.2. The van der Waals surface area contributed by atoms with Gasteiger partial charge >= 0.3 is 0 Å². The number of carbonyl (C=O) groups is 10. The topological polar surface area (TPSA) is 277 Å². The fourth-order valence-corrected chi connectivity index (χ4v) is 9.36. The number of nitrogens with zero attached hydrogens (tertiary/aromatic N) is 5. The van der Waals surface area contributed by atoms with E-state index in [2.05, 4.69) is 26.6 Å². The lowest BCUT2D eigenvalue weighted by atomic mass is 9.99. The molecular weight excluding hydrogens is 1020 g/mol. The van der Waals surface area contributed by atoms with Crippen LogP contribution in [0.25, 0.3) is 0 Å². The summed E-state index contributed by atoms with van der Waals surface area (Å²) in [7, 11) is 5.51. The van der Waals surface area contributed by atoms with Crippen LogP contribution in [0.2, 0.25) is 0 Å². The summed E-state index contributed by atoms with van der Waals surface area (Å²) in [6.07, 6.45) is 0.128. The number of carbonyl (C=O) groups excluding carboxylic acids is 10. The number of amides is 10. The molecule has 22 nitrogen and oxygen atoms in total. The number of nitrogens with one attached hydrogen (secondary N) is 5. The van der Waals surface area contributed by atoms with Crippen LogP contribution >= 0.6 is 0 Å². The Balaban J connectivity index is 1.88. The summed E-state index contributed by atoms with van der Waals surface area (Å²) >= 11 is 0. The van der Waals surface area contributed by atoms with E-state index >= 15 is 9.59 Å². The van der Waals surface area contributed by atoms with Crippen molar-refractivity contribution in [3.8, 4) is 0 Å². The largest absolute Gasteiger partial charge is 0.391 e. The van der Waals surface area contributed by atoms with Crippen molar-refractivity contribution in [3.05, 3.63) is 71.8 Å². The van der Waals surface area contributed by atoms with Crippen LogP contribution < -0.4 is 26.6 Å². The van der Waals surface area contributed by atoms with Crippen LogP contribution in [0, 0.1) is 5.92 Å². The van der Waals surface area contributed by atoms with E-state index in [-0.39, 0.29) is 31.8 Å². The number of likely N-dealkylation sites (tertiary alicyclic amines) is 1. The molecule has 79 heavy (non-hydrogen) atoms. The van der Waals surface area contributed by atoms with E-state index in [0.29, 0.717) is 37.1 Å². The third kappa shape index (κ3) is 18.6. The molecule has 0 spiro atoms. The quantitative estimate of drug-likeness (QED) is 0.194. The van der Waals surface area contributed by atoms with Crippen molar-refractivity contribution in [1.29, 1.82) is 0 Å². The Morgan fingerprint density at radius 1 is 0.671 bits per heavy atom. The Hall–Kier alpha value is -6.94. The fraction of sp³-hybridized carbons (Fsp3) is 0.614. The van der Waals surface area contributed by atoms with Gasteiger partial charge in [-0.3, -0.25) is 47.9 Å². The van der Waals surface area contributed by atoms with Crippen molar-refractivity contribution in [2.75, 3.05) is 54.4 Å². The molecule has 6 N–H and O–H groups in total. The second-order valence-corrected chi connectivity index (χ2v) is 22.8. The molecule has 2 heterocycles. The molecular formula is C57H86N10O12. The lowest BCUT2D eigenvalue weighted by Gasteiger charge is -2.38. The van der Waals surface area contributed by atoms with Crippen LogP contribution in [-0.4, -0.2) is 203 Å². The maximum atomic E-state index is 15.2. The molecule has 1 unspecified atom stereocenters. The van der Waals surface area contributed by atoms with Gasteiger partial charge in [0.2, 0.25) is 59.1 Å². The molecule has 0 bridgehead atoms. The van der Waals surface area contributed by atoms with Gasteiger partial charge in [0.25, 0.3) is 0 Å². The lowest BCUT2D eigenvalue weighted by Crippen LogP contribution is -2.63. The Bertz CT molecular complexity index is 2460. The molecule has 2 aliphatic rings. The molecule has 2 saturated heterocycles. The number of piperidine rings is 1. The Labute approximate surface area is 465 Å². The SMILES string of the molecule is CC(C)CC1C(=O)NCC(=O)N[C@H](C(=O)N2CCCCC2)CC(=O)NC(C)(C)C(=O)N[C@@H]([C@@H](C)O)C(=O)N(C)[C@@H](C)C(=O)N(C)[C@@H](Cc2ccccc2)C(=O)N(C)[C@@H](Cc2ccccc2)C(=O)N[C@@H](COC(C)(C)C)C(=O)N1C. The molecule has 436 valence electrons. The Kier molecular flexibility index (Phi) is 23.5. The third-order valence-electron chi connectivity index (χ3n) is 14.3. The van der Waals surface area contributed by atoms with Gasteiger partial charge in [-0.25, -0.2) is 0 Å². The van der Waals surface area contributed by atoms with Gasteiger partial charge in [-0.05, 0) is 91.2 Å². The first-order valence-corrected chi connectivity index (χ1v) is 27.2. The highest BCUT2D eigenvalue weighted by Crippen LogP contribution is 2.21. The minimum Gasteiger partial charge on any atom is -0.391 e. The summed E-state index contributed by atoms with van der Waals surface area (Å²) in [5, 5.41) is 24.1. The van der Waals surface area contributed by atoms with Crippen LogP contribution in [0.3, 0.4) is 0 Å². The Morgan fingerprint density at radius 2 is 1.20 bits per heavy atom. The summed E-state index contributed by atoms with van der Waals surface area (Å²) in [5.41, 5.74) is -1.29. The summed E-state index contributed by atoms with van der Waals surface area (Å²) in [6, 6.07) is 8.11. The molecule has 8 atom stereocenters. The van der Waals surface area contributed by atoms with Gasteiger partial charge in [-0.2, -0.15) is 0 Å². The van der Waals surface area contributed by atoms with E-state index in [4.69, 9.17) is 4.74 Å². The van der Waals surface area contributed by atoms with Crippen molar-refractivity contribution in [2.24, 2.45) is 5.92 Å². The minimum atomic E-state index is -1.79. The number of rotatable bonds is 10. The fourth-order valence-electron chi connectivity index (χ4n) is 9.36. The highest BCUT2D eigenvalue weighted by Gasteiger charge is 2.43. The number of aliphatic hydroxyl groups is 1. The number of ether oxygens (including phenoxy) is 1. The van der Waals surface area contributed by atoms with E-state index in [1.165, 1.54) is 75.5 Å². The van der Waals surface area contributed by atoms with E-state index in [0.717, 1.165) is 11.3 Å². The smallest absolute Gasteiger partial charge is 0.248 e. The summed E-state index contributed by atoms with van der Waals surface area (Å²) in [6.45, 7) is 14.1. The molecule has 10 amide bonds. The van der Waals surface area contributed by atoms with Crippen LogP contribution in [-0.2, 0) is 65.5 Å². The predicted molar refractivity (Wildman–Crippen MR) is 295 cm³/mol. The van der Waals surface area contributed by atoms with Gasteiger partial charge in [0.1, 0.15) is 47.8 Å². The molecule has 2 aromatic carbocycles. The number of hydrogen-bond acceptors (Lipinski definition) is 12. The van der Waals surface area contributed by atoms with Crippen LogP contribution in [0.5, 0.6) is 0 Å². The highest BCUT2D eigenvalue weighted by atomic mass is 16.5. The van der Waals surface area contributed by atoms with Gasteiger partial charge in [0, 0.05) is 54.1 Å². The van der Waals surface area contributed by atoms with Crippen LogP contribution in [0.15, 0.2) is 60.7 Å².